The van der Waals surface area contributed by atoms with Crippen LogP contribution in [0.4, 0.5) is 0 Å². The Morgan fingerprint density at radius 1 is 0.952 bits per heavy atom. The van der Waals surface area contributed by atoms with E-state index in [1.165, 1.54) is 0 Å². The molecule has 0 spiro atoms. The van der Waals surface area contributed by atoms with Crippen molar-refractivity contribution >= 4 is 11.0 Å². The van der Waals surface area contributed by atoms with Gasteiger partial charge in [-0.15, -0.1) is 0 Å². The van der Waals surface area contributed by atoms with Crippen molar-refractivity contribution in [2.75, 3.05) is 0 Å². The topological polar surface area (TPSA) is 43.9 Å². The summed E-state index contributed by atoms with van der Waals surface area (Å²) in [4.78, 5) is 4.06. The van der Waals surface area contributed by atoms with Crippen molar-refractivity contribution in [2.24, 2.45) is 0 Å². The molecule has 0 amide bonds. The van der Waals surface area contributed by atoms with Gasteiger partial charge in [0.2, 0.25) is 0 Å². The second kappa shape index (κ2) is 4.90. The highest BCUT2D eigenvalue weighted by atomic mass is 16.3. The Bertz CT molecular complexity index is 817. The Morgan fingerprint density at radius 2 is 1.76 bits per heavy atom. The van der Waals surface area contributed by atoms with E-state index in [-0.39, 0.29) is 6.04 Å². The fourth-order valence-corrected chi connectivity index (χ4v) is 2.57. The predicted molar refractivity (Wildman–Crippen MR) is 79.9 cm³/mol. The van der Waals surface area contributed by atoms with Gasteiger partial charge in [-0.1, -0.05) is 48.5 Å². The largest absolute Gasteiger partial charge is 0.458 e. The molecule has 0 aliphatic rings. The molecule has 0 aliphatic heterocycles. The first-order chi connectivity index (χ1) is 10.4. The van der Waals surface area contributed by atoms with E-state index in [2.05, 4.69) is 28.3 Å². The number of para-hydroxylation sites is 1. The molecule has 2 aromatic heterocycles. The van der Waals surface area contributed by atoms with E-state index in [1.54, 1.807) is 12.7 Å². The van der Waals surface area contributed by atoms with Gasteiger partial charge in [-0.25, -0.2) is 9.67 Å². The van der Waals surface area contributed by atoms with Gasteiger partial charge in [0.15, 0.2) is 0 Å². The zero-order valence-corrected chi connectivity index (χ0v) is 11.3. The highest BCUT2D eigenvalue weighted by Crippen LogP contribution is 2.30. The number of hydrogen-bond donors (Lipinski definition) is 0. The van der Waals surface area contributed by atoms with E-state index >= 15 is 0 Å². The number of furan rings is 1. The van der Waals surface area contributed by atoms with Gasteiger partial charge in [0.1, 0.15) is 30.0 Å². The Morgan fingerprint density at radius 3 is 2.52 bits per heavy atom. The second-order valence-electron chi connectivity index (χ2n) is 4.88. The van der Waals surface area contributed by atoms with Gasteiger partial charge in [0.05, 0.1) is 0 Å². The molecule has 1 unspecified atom stereocenters. The average molecular weight is 275 g/mol. The summed E-state index contributed by atoms with van der Waals surface area (Å²) < 4.78 is 7.83. The number of aromatic nitrogens is 3. The lowest BCUT2D eigenvalue weighted by Gasteiger charge is -2.14. The van der Waals surface area contributed by atoms with E-state index in [1.807, 2.05) is 47.1 Å². The van der Waals surface area contributed by atoms with Crippen molar-refractivity contribution in [2.45, 2.75) is 6.04 Å². The highest BCUT2D eigenvalue weighted by Gasteiger charge is 2.21. The van der Waals surface area contributed by atoms with Crippen molar-refractivity contribution < 1.29 is 4.42 Å². The summed E-state index contributed by atoms with van der Waals surface area (Å²) in [5.41, 5.74) is 2.00. The van der Waals surface area contributed by atoms with E-state index in [0.717, 1.165) is 22.3 Å². The van der Waals surface area contributed by atoms with Crippen molar-refractivity contribution in [3.8, 4) is 0 Å². The molecule has 0 aliphatic carbocycles. The molecule has 4 rings (SSSR count). The molecule has 0 N–H and O–H groups in total. The normalized spacial score (nSPS) is 12.6. The Labute approximate surface area is 121 Å². The van der Waals surface area contributed by atoms with Gasteiger partial charge >= 0.3 is 0 Å². The van der Waals surface area contributed by atoms with Crippen molar-refractivity contribution in [1.29, 1.82) is 0 Å². The number of fused-ring (bicyclic) bond motifs is 1. The second-order valence-corrected chi connectivity index (χ2v) is 4.88. The lowest BCUT2D eigenvalue weighted by atomic mass is 10.0. The van der Waals surface area contributed by atoms with Crippen molar-refractivity contribution in [3.05, 3.63) is 84.6 Å². The molecule has 4 nitrogen and oxygen atoms in total. The van der Waals surface area contributed by atoms with Gasteiger partial charge in [0.25, 0.3) is 0 Å². The SMILES string of the molecule is c1ccc(C(c2cc3ccccc3o2)n2cncn2)cc1. The van der Waals surface area contributed by atoms with E-state index in [0.29, 0.717) is 0 Å². The minimum absolute atomic E-state index is 0.110. The van der Waals surface area contributed by atoms with Crippen LogP contribution in [0.1, 0.15) is 17.4 Å². The molecule has 21 heavy (non-hydrogen) atoms. The highest BCUT2D eigenvalue weighted by molar-refractivity contribution is 5.78. The molecule has 4 heteroatoms. The van der Waals surface area contributed by atoms with E-state index < -0.39 is 0 Å². The zero-order chi connectivity index (χ0) is 14.1. The fraction of sp³-hybridized carbons (Fsp3) is 0.0588. The molecular weight excluding hydrogens is 262 g/mol. The predicted octanol–water partition coefficient (Wildman–Crippen LogP) is 3.66. The number of benzene rings is 2. The molecule has 0 saturated heterocycles. The summed E-state index contributed by atoms with van der Waals surface area (Å²) in [7, 11) is 0. The zero-order valence-electron chi connectivity index (χ0n) is 11.3. The average Bonchev–Trinajstić information content (AvgIpc) is 3.18. The van der Waals surface area contributed by atoms with Gasteiger partial charge in [0, 0.05) is 5.39 Å². The summed E-state index contributed by atoms with van der Waals surface area (Å²) in [6.45, 7) is 0. The maximum absolute atomic E-state index is 6.02. The lowest BCUT2D eigenvalue weighted by Crippen LogP contribution is -2.12. The van der Waals surface area contributed by atoms with Crippen LogP contribution >= 0.6 is 0 Å². The Balaban J connectivity index is 1.90. The van der Waals surface area contributed by atoms with Crippen LogP contribution in [-0.2, 0) is 0 Å². The standard InChI is InChI=1S/C17H13N3O/c1-2-6-13(7-3-1)17(20-12-18-11-19-20)16-10-14-8-4-5-9-15(14)21-16/h1-12,17H. The van der Waals surface area contributed by atoms with Crippen molar-refractivity contribution in [3.63, 3.8) is 0 Å². The summed E-state index contributed by atoms with van der Waals surface area (Å²) in [6, 6.07) is 20.1. The molecule has 2 aromatic carbocycles. The quantitative estimate of drug-likeness (QED) is 0.573. The van der Waals surface area contributed by atoms with Crippen LogP contribution in [0, 0.1) is 0 Å². The third-order valence-electron chi connectivity index (χ3n) is 3.53. The minimum Gasteiger partial charge on any atom is -0.458 e. The third kappa shape index (κ3) is 2.10. The van der Waals surface area contributed by atoms with Gasteiger partial charge in [-0.3, -0.25) is 0 Å². The minimum atomic E-state index is -0.110. The van der Waals surface area contributed by atoms with Gasteiger partial charge in [-0.05, 0) is 17.7 Å². The first kappa shape index (κ1) is 11.9. The van der Waals surface area contributed by atoms with E-state index in [9.17, 15) is 0 Å². The van der Waals surface area contributed by atoms with Crippen LogP contribution < -0.4 is 0 Å². The lowest BCUT2D eigenvalue weighted by molar-refractivity contribution is 0.463. The molecule has 0 saturated carbocycles. The number of nitrogens with zero attached hydrogens (tertiary/aromatic N) is 3. The van der Waals surface area contributed by atoms with Crippen molar-refractivity contribution in [1.82, 2.24) is 14.8 Å². The Hall–Kier alpha value is -2.88. The number of hydrogen-bond acceptors (Lipinski definition) is 3. The molecule has 2 heterocycles. The maximum Gasteiger partial charge on any atom is 0.137 e. The summed E-state index contributed by atoms with van der Waals surface area (Å²) in [6.07, 6.45) is 3.25. The summed E-state index contributed by atoms with van der Waals surface area (Å²) in [5.74, 6) is 0.855. The van der Waals surface area contributed by atoms with Crippen LogP contribution in [0.25, 0.3) is 11.0 Å². The molecule has 0 radical (unpaired) electrons. The van der Waals surface area contributed by atoms with Gasteiger partial charge < -0.3 is 4.42 Å². The first-order valence-electron chi connectivity index (χ1n) is 6.79. The molecular formula is C17H13N3O. The van der Waals surface area contributed by atoms with Crippen LogP contribution in [0.2, 0.25) is 0 Å². The first-order valence-corrected chi connectivity index (χ1v) is 6.79. The Kier molecular flexibility index (Phi) is 2.78. The summed E-state index contributed by atoms with van der Waals surface area (Å²) >= 11 is 0. The smallest absolute Gasteiger partial charge is 0.137 e. The molecule has 0 bridgehead atoms. The van der Waals surface area contributed by atoms with Crippen LogP contribution in [-0.4, -0.2) is 14.8 Å². The molecule has 4 aromatic rings. The third-order valence-corrected chi connectivity index (χ3v) is 3.53. The summed E-state index contributed by atoms with van der Waals surface area (Å²) in [5, 5.41) is 5.38. The maximum atomic E-state index is 6.02. The van der Waals surface area contributed by atoms with Gasteiger partial charge in [-0.2, -0.15) is 5.10 Å². The molecule has 102 valence electrons. The van der Waals surface area contributed by atoms with Crippen LogP contribution in [0.5, 0.6) is 0 Å². The van der Waals surface area contributed by atoms with Crippen LogP contribution in [0.3, 0.4) is 0 Å². The van der Waals surface area contributed by atoms with E-state index in [4.69, 9.17) is 4.42 Å². The monoisotopic (exact) mass is 275 g/mol. The molecule has 0 fully saturated rings. The van der Waals surface area contributed by atoms with Crippen LogP contribution in [0.15, 0.2) is 77.7 Å². The molecule has 1 atom stereocenters. The number of rotatable bonds is 3. The fourth-order valence-electron chi connectivity index (χ4n) is 2.57.